The van der Waals surface area contributed by atoms with E-state index in [0.717, 1.165) is 5.56 Å². The van der Waals surface area contributed by atoms with Gasteiger partial charge in [-0.1, -0.05) is 36.4 Å². The Labute approximate surface area is 156 Å². The number of benzene rings is 1. The van der Waals surface area contributed by atoms with Crippen LogP contribution in [0.5, 0.6) is 0 Å². The van der Waals surface area contributed by atoms with Gasteiger partial charge in [-0.05, 0) is 46.6 Å². The number of nitrogens with zero attached hydrogens (tertiary/aromatic N) is 1. The Morgan fingerprint density at radius 3 is 2.54 bits per heavy atom. The van der Waals surface area contributed by atoms with Crippen LogP contribution < -0.4 is 0 Å². The van der Waals surface area contributed by atoms with Crippen molar-refractivity contribution in [2.45, 2.75) is 71.1 Å². The predicted molar refractivity (Wildman–Crippen MR) is 102 cm³/mol. The highest BCUT2D eigenvalue weighted by Gasteiger charge is 2.50. The summed E-state index contributed by atoms with van der Waals surface area (Å²) in [4.78, 5) is 14.4. The van der Waals surface area contributed by atoms with E-state index < -0.39 is 11.3 Å². The number of amides is 1. The van der Waals surface area contributed by atoms with E-state index >= 15 is 0 Å². The van der Waals surface area contributed by atoms with Crippen molar-refractivity contribution < 1.29 is 19.0 Å². The van der Waals surface area contributed by atoms with Gasteiger partial charge in [0.25, 0.3) is 0 Å². The van der Waals surface area contributed by atoms with Gasteiger partial charge in [0.15, 0.2) is 0 Å². The van der Waals surface area contributed by atoms with Crippen molar-refractivity contribution >= 4 is 6.09 Å². The monoisotopic (exact) mass is 361 g/mol. The van der Waals surface area contributed by atoms with Crippen LogP contribution in [0.2, 0.25) is 0 Å². The number of rotatable bonds is 6. The zero-order valence-corrected chi connectivity index (χ0v) is 16.5. The predicted octanol–water partition coefficient (Wildman–Crippen LogP) is 4.52. The topological polar surface area (TPSA) is 48.0 Å². The third-order valence-electron chi connectivity index (χ3n) is 4.17. The lowest BCUT2D eigenvalue weighted by molar-refractivity contribution is -0.0939. The van der Waals surface area contributed by atoms with Gasteiger partial charge in [0.05, 0.1) is 19.3 Å². The minimum absolute atomic E-state index is 0.173. The quantitative estimate of drug-likeness (QED) is 0.699. The second-order valence-corrected chi connectivity index (χ2v) is 8.05. The van der Waals surface area contributed by atoms with Crippen molar-refractivity contribution in [2.75, 3.05) is 6.61 Å². The lowest BCUT2D eigenvalue weighted by atomic mass is 10.1. The molecule has 0 N–H and O–H groups in total. The second-order valence-electron chi connectivity index (χ2n) is 8.05. The maximum atomic E-state index is 12.8. The van der Waals surface area contributed by atoms with Gasteiger partial charge in [-0.3, -0.25) is 4.90 Å². The molecule has 1 aromatic carbocycles. The molecule has 2 atom stereocenters. The average Bonchev–Trinajstić information content (AvgIpc) is 2.77. The molecule has 0 unspecified atom stereocenters. The van der Waals surface area contributed by atoms with Gasteiger partial charge in [0.2, 0.25) is 0 Å². The first-order valence-corrected chi connectivity index (χ1v) is 9.07. The van der Waals surface area contributed by atoms with Gasteiger partial charge in [-0.15, -0.1) is 6.58 Å². The van der Waals surface area contributed by atoms with E-state index in [1.165, 1.54) is 0 Å². The Hall–Kier alpha value is -1.85. The Kier molecular flexibility index (Phi) is 6.48. The first kappa shape index (κ1) is 20.5. The maximum absolute atomic E-state index is 12.8. The van der Waals surface area contributed by atoms with Crippen molar-refractivity contribution in [1.29, 1.82) is 0 Å². The standard InChI is InChI=1S/C21H31NO4/c1-7-11-17-18(15-24-14-16-12-9-8-10-13-16)25-21(5,6)22(17)19(23)26-20(2,3)4/h7-10,12-13,17-18H,1,11,14-15H2,2-6H3/t17-,18+/m0/s1. The van der Waals surface area contributed by atoms with Crippen LogP contribution in [0.3, 0.4) is 0 Å². The summed E-state index contributed by atoms with van der Waals surface area (Å²) in [5.41, 5.74) is -0.223. The number of carbonyl (C=O) groups excluding carboxylic acids is 1. The molecule has 5 heteroatoms. The summed E-state index contributed by atoms with van der Waals surface area (Å²) in [6, 6.07) is 9.82. The fourth-order valence-electron chi connectivity index (χ4n) is 3.18. The molecule has 0 spiro atoms. The van der Waals surface area contributed by atoms with Crippen LogP contribution >= 0.6 is 0 Å². The molecule has 1 fully saturated rings. The highest BCUT2D eigenvalue weighted by molar-refractivity contribution is 5.70. The first-order chi connectivity index (χ1) is 12.1. The minimum Gasteiger partial charge on any atom is -0.444 e. The molecule has 5 nitrogen and oxygen atoms in total. The van der Waals surface area contributed by atoms with Gasteiger partial charge < -0.3 is 14.2 Å². The normalized spacial score (nSPS) is 22.3. The van der Waals surface area contributed by atoms with Crippen LogP contribution in [0, 0.1) is 0 Å². The fraction of sp³-hybridized carbons (Fsp3) is 0.571. The summed E-state index contributed by atoms with van der Waals surface area (Å²) < 4.78 is 17.6. The smallest absolute Gasteiger partial charge is 0.412 e. The van der Waals surface area contributed by atoms with Crippen molar-refractivity contribution in [3.05, 3.63) is 48.6 Å². The lowest BCUT2D eigenvalue weighted by Gasteiger charge is -2.34. The number of hydrogen-bond acceptors (Lipinski definition) is 4. The van der Waals surface area contributed by atoms with Gasteiger partial charge in [0.1, 0.15) is 17.4 Å². The third-order valence-corrected chi connectivity index (χ3v) is 4.17. The summed E-state index contributed by atoms with van der Waals surface area (Å²) in [7, 11) is 0. The van der Waals surface area contributed by atoms with Crippen LogP contribution in [0.4, 0.5) is 4.79 Å². The maximum Gasteiger partial charge on any atom is 0.412 e. The minimum atomic E-state index is -0.767. The summed E-state index contributed by atoms with van der Waals surface area (Å²) in [5.74, 6) is 0. The zero-order valence-electron chi connectivity index (χ0n) is 16.5. The summed E-state index contributed by atoms with van der Waals surface area (Å²) in [5, 5.41) is 0. The number of hydrogen-bond donors (Lipinski definition) is 0. The van der Waals surface area contributed by atoms with E-state index in [1.54, 1.807) is 11.0 Å². The van der Waals surface area contributed by atoms with E-state index in [0.29, 0.717) is 19.6 Å². The molecule has 0 saturated carbocycles. The molecule has 0 aromatic heterocycles. The van der Waals surface area contributed by atoms with Crippen molar-refractivity contribution in [1.82, 2.24) is 4.90 Å². The summed E-state index contributed by atoms with van der Waals surface area (Å²) in [6.07, 6.45) is 1.80. The molecular formula is C21H31NO4. The molecule has 144 valence electrons. The SMILES string of the molecule is C=CC[C@H]1[C@@H](COCc2ccccc2)OC(C)(C)N1C(=O)OC(C)(C)C. The van der Waals surface area contributed by atoms with Crippen molar-refractivity contribution in [3.63, 3.8) is 0 Å². The van der Waals surface area contributed by atoms with E-state index in [4.69, 9.17) is 14.2 Å². The van der Waals surface area contributed by atoms with E-state index in [1.807, 2.05) is 65.0 Å². The summed E-state index contributed by atoms with van der Waals surface area (Å²) in [6.45, 7) is 14.1. The molecule has 26 heavy (non-hydrogen) atoms. The molecule has 0 bridgehead atoms. The molecule has 1 amide bonds. The molecule has 0 radical (unpaired) electrons. The molecule has 0 aliphatic carbocycles. The van der Waals surface area contributed by atoms with Crippen LogP contribution in [0.1, 0.15) is 46.6 Å². The average molecular weight is 361 g/mol. The molecule has 1 aliphatic heterocycles. The van der Waals surface area contributed by atoms with Gasteiger partial charge >= 0.3 is 6.09 Å². The fourth-order valence-corrected chi connectivity index (χ4v) is 3.18. The Bertz CT molecular complexity index is 606. The van der Waals surface area contributed by atoms with Crippen LogP contribution in [-0.4, -0.2) is 41.1 Å². The number of carbonyl (C=O) groups is 1. The van der Waals surface area contributed by atoms with E-state index in [9.17, 15) is 4.79 Å². The molecule has 2 rings (SSSR count). The first-order valence-electron chi connectivity index (χ1n) is 9.07. The van der Waals surface area contributed by atoms with Crippen molar-refractivity contribution in [2.24, 2.45) is 0 Å². The van der Waals surface area contributed by atoms with E-state index in [-0.39, 0.29) is 18.2 Å². The summed E-state index contributed by atoms with van der Waals surface area (Å²) >= 11 is 0. The van der Waals surface area contributed by atoms with Crippen LogP contribution in [0.25, 0.3) is 0 Å². The highest BCUT2D eigenvalue weighted by Crippen LogP contribution is 2.35. The van der Waals surface area contributed by atoms with Crippen molar-refractivity contribution in [3.8, 4) is 0 Å². The highest BCUT2D eigenvalue weighted by atomic mass is 16.6. The molecular weight excluding hydrogens is 330 g/mol. The van der Waals surface area contributed by atoms with Gasteiger partial charge in [-0.2, -0.15) is 0 Å². The molecule has 1 aliphatic rings. The lowest BCUT2D eigenvalue weighted by Crippen LogP contribution is -2.50. The Morgan fingerprint density at radius 1 is 1.31 bits per heavy atom. The zero-order chi connectivity index (χ0) is 19.4. The van der Waals surface area contributed by atoms with E-state index in [2.05, 4.69) is 6.58 Å². The molecule has 1 heterocycles. The van der Waals surface area contributed by atoms with Crippen LogP contribution in [-0.2, 0) is 20.8 Å². The molecule has 1 aromatic rings. The Balaban J connectivity index is 2.06. The largest absolute Gasteiger partial charge is 0.444 e. The number of ether oxygens (including phenoxy) is 3. The van der Waals surface area contributed by atoms with Gasteiger partial charge in [-0.25, -0.2) is 4.79 Å². The Morgan fingerprint density at radius 2 is 1.96 bits per heavy atom. The van der Waals surface area contributed by atoms with Crippen LogP contribution in [0.15, 0.2) is 43.0 Å². The molecule has 1 saturated heterocycles. The second kappa shape index (κ2) is 8.23. The van der Waals surface area contributed by atoms with Gasteiger partial charge in [0, 0.05) is 0 Å². The third kappa shape index (κ3) is 5.32.